The van der Waals surface area contributed by atoms with Gasteiger partial charge in [-0.1, -0.05) is 19.1 Å². The van der Waals surface area contributed by atoms with E-state index in [0.29, 0.717) is 17.8 Å². The molecule has 1 aromatic rings. The summed E-state index contributed by atoms with van der Waals surface area (Å²) in [4.78, 5) is 16.5. The summed E-state index contributed by atoms with van der Waals surface area (Å²) >= 11 is 0. The Labute approximate surface area is 128 Å². The van der Waals surface area contributed by atoms with Crippen molar-refractivity contribution >= 4 is 17.3 Å². The van der Waals surface area contributed by atoms with Crippen molar-refractivity contribution in [2.75, 3.05) is 51.3 Å². The summed E-state index contributed by atoms with van der Waals surface area (Å²) in [7, 11) is 4.13. The molecule has 0 spiro atoms. The Balaban J connectivity index is 2.40. The number of nitrogens with one attached hydrogen (secondary N) is 1. The molecule has 0 aliphatic carbocycles. The van der Waals surface area contributed by atoms with Crippen molar-refractivity contribution in [2.45, 2.75) is 19.8 Å². The first-order valence-corrected chi connectivity index (χ1v) is 7.54. The van der Waals surface area contributed by atoms with Crippen molar-refractivity contribution in [3.63, 3.8) is 0 Å². The molecule has 0 aliphatic heterocycles. The van der Waals surface area contributed by atoms with E-state index in [0.717, 1.165) is 32.6 Å². The monoisotopic (exact) mass is 292 g/mol. The molecule has 5 heteroatoms. The van der Waals surface area contributed by atoms with Crippen molar-refractivity contribution < 1.29 is 4.79 Å². The highest BCUT2D eigenvalue weighted by Gasteiger charge is 2.09. The summed E-state index contributed by atoms with van der Waals surface area (Å²) in [6.07, 6.45) is 1.59. The maximum Gasteiger partial charge on any atom is 0.225 e. The van der Waals surface area contributed by atoms with Gasteiger partial charge in [-0.2, -0.15) is 0 Å². The minimum Gasteiger partial charge on any atom is -0.397 e. The molecule has 1 amide bonds. The van der Waals surface area contributed by atoms with E-state index >= 15 is 0 Å². The number of rotatable bonds is 9. The highest BCUT2D eigenvalue weighted by Crippen LogP contribution is 2.16. The number of amides is 1. The Morgan fingerprint density at radius 1 is 1.14 bits per heavy atom. The standard InChI is InChI=1S/C16H28N4O/c1-4-10-20(13-12-19(2)3)11-9-16(21)18-15-8-6-5-7-14(15)17/h5-8H,4,9-13,17H2,1-3H3,(H,18,21). The van der Waals surface area contributed by atoms with Gasteiger partial charge in [-0.15, -0.1) is 0 Å². The van der Waals surface area contributed by atoms with Crippen LogP contribution in [0.1, 0.15) is 19.8 Å². The van der Waals surface area contributed by atoms with Crippen LogP contribution in [0.5, 0.6) is 0 Å². The van der Waals surface area contributed by atoms with E-state index in [-0.39, 0.29) is 5.91 Å². The minimum atomic E-state index is 0.0128. The molecule has 0 aliphatic rings. The SMILES string of the molecule is CCCN(CCC(=O)Nc1ccccc1N)CCN(C)C. The molecule has 1 aromatic carbocycles. The zero-order chi connectivity index (χ0) is 15.7. The second kappa shape index (κ2) is 9.37. The Bertz CT molecular complexity index is 434. The number of nitrogen functional groups attached to an aromatic ring is 1. The lowest BCUT2D eigenvalue weighted by Gasteiger charge is -2.23. The van der Waals surface area contributed by atoms with Crippen LogP contribution in [-0.4, -0.2) is 56.0 Å². The molecule has 3 N–H and O–H groups in total. The predicted molar refractivity (Wildman–Crippen MR) is 89.4 cm³/mol. The smallest absolute Gasteiger partial charge is 0.225 e. The molecule has 0 radical (unpaired) electrons. The second-order valence-corrected chi connectivity index (χ2v) is 5.53. The highest BCUT2D eigenvalue weighted by molar-refractivity contribution is 5.93. The van der Waals surface area contributed by atoms with Crippen molar-refractivity contribution in [3.8, 4) is 0 Å². The first-order valence-electron chi connectivity index (χ1n) is 7.54. The molecule has 0 heterocycles. The summed E-state index contributed by atoms with van der Waals surface area (Å²) in [5, 5.41) is 2.87. The molecule has 5 nitrogen and oxygen atoms in total. The number of carbonyl (C=O) groups excluding carboxylic acids is 1. The summed E-state index contributed by atoms with van der Waals surface area (Å²) in [6, 6.07) is 7.33. The van der Waals surface area contributed by atoms with Crippen LogP contribution in [-0.2, 0) is 4.79 Å². The Morgan fingerprint density at radius 3 is 2.48 bits per heavy atom. The van der Waals surface area contributed by atoms with Gasteiger partial charge in [0.15, 0.2) is 0 Å². The Morgan fingerprint density at radius 2 is 1.86 bits per heavy atom. The number of hydrogen-bond donors (Lipinski definition) is 2. The average Bonchev–Trinajstić information content (AvgIpc) is 2.44. The van der Waals surface area contributed by atoms with E-state index in [4.69, 9.17) is 5.73 Å². The van der Waals surface area contributed by atoms with Gasteiger partial charge in [0.05, 0.1) is 11.4 Å². The Hall–Kier alpha value is -1.59. The molecule has 0 aromatic heterocycles. The molecule has 0 saturated heterocycles. The van der Waals surface area contributed by atoms with E-state index in [1.165, 1.54) is 0 Å². The van der Waals surface area contributed by atoms with Gasteiger partial charge in [0.1, 0.15) is 0 Å². The van der Waals surface area contributed by atoms with Gasteiger partial charge in [0.25, 0.3) is 0 Å². The lowest BCUT2D eigenvalue weighted by Crippen LogP contribution is -2.34. The molecule has 118 valence electrons. The predicted octanol–water partition coefficient (Wildman–Crippen LogP) is 1.87. The lowest BCUT2D eigenvalue weighted by molar-refractivity contribution is -0.116. The number of hydrogen-bond acceptors (Lipinski definition) is 4. The number of carbonyl (C=O) groups is 1. The molecule has 0 atom stereocenters. The lowest BCUT2D eigenvalue weighted by atomic mass is 10.2. The quantitative estimate of drug-likeness (QED) is 0.682. The number of para-hydroxylation sites is 2. The molecule has 0 fully saturated rings. The third-order valence-corrected chi connectivity index (χ3v) is 3.29. The van der Waals surface area contributed by atoms with E-state index < -0.39 is 0 Å². The largest absolute Gasteiger partial charge is 0.397 e. The third-order valence-electron chi connectivity index (χ3n) is 3.29. The number of nitrogens with two attached hydrogens (primary N) is 1. The van der Waals surface area contributed by atoms with Gasteiger partial charge >= 0.3 is 0 Å². The van der Waals surface area contributed by atoms with Gasteiger partial charge in [0, 0.05) is 26.1 Å². The molecule has 0 saturated carbocycles. The van der Waals surface area contributed by atoms with Gasteiger partial charge in [0.2, 0.25) is 5.91 Å². The maximum atomic E-state index is 12.0. The van der Waals surface area contributed by atoms with Crippen LogP contribution < -0.4 is 11.1 Å². The third kappa shape index (κ3) is 7.11. The van der Waals surface area contributed by atoms with Gasteiger partial charge in [-0.05, 0) is 39.2 Å². The summed E-state index contributed by atoms with van der Waals surface area (Å²) in [5.74, 6) is 0.0128. The second-order valence-electron chi connectivity index (χ2n) is 5.53. The number of benzene rings is 1. The number of nitrogens with zero attached hydrogens (tertiary/aromatic N) is 2. The molecule has 0 unspecified atom stereocenters. The van der Waals surface area contributed by atoms with Crippen molar-refractivity contribution in [2.24, 2.45) is 0 Å². The van der Waals surface area contributed by atoms with Crippen LogP contribution in [0.3, 0.4) is 0 Å². The first-order chi connectivity index (χ1) is 10.0. The summed E-state index contributed by atoms with van der Waals surface area (Å²) in [5.41, 5.74) is 7.12. The highest BCUT2D eigenvalue weighted by atomic mass is 16.1. The molecular formula is C16H28N4O. The number of likely N-dealkylation sites (N-methyl/N-ethyl adjacent to an activating group) is 1. The first kappa shape index (κ1) is 17.5. The molecule has 21 heavy (non-hydrogen) atoms. The minimum absolute atomic E-state index is 0.0128. The van der Waals surface area contributed by atoms with Gasteiger partial charge in [-0.3, -0.25) is 4.79 Å². The van der Waals surface area contributed by atoms with E-state index in [1.54, 1.807) is 6.07 Å². The van der Waals surface area contributed by atoms with Crippen LogP contribution in [0.4, 0.5) is 11.4 Å². The van der Waals surface area contributed by atoms with E-state index in [2.05, 4.69) is 36.1 Å². The Kier molecular flexibility index (Phi) is 7.79. The zero-order valence-corrected chi connectivity index (χ0v) is 13.4. The van der Waals surface area contributed by atoms with Crippen molar-refractivity contribution in [3.05, 3.63) is 24.3 Å². The van der Waals surface area contributed by atoms with E-state index in [9.17, 15) is 4.79 Å². The summed E-state index contributed by atoms with van der Waals surface area (Å²) in [6.45, 7) is 5.96. The zero-order valence-electron chi connectivity index (χ0n) is 13.4. The van der Waals surface area contributed by atoms with Crippen LogP contribution in [0, 0.1) is 0 Å². The van der Waals surface area contributed by atoms with Gasteiger partial charge in [-0.25, -0.2) is 0 Å². The maximum absolute atomic E-state index is 12.0. The molecule has 0 bridgehead atoms. The fraction of sp³-hybridized carbons (Fsp3) is 0.562. The van der Waals surface area contributed by atoms with Crippen LogP contribution in [0.2, 0.25) is 0 Å². The summed E-state index contributed by atoms with van der Waals surface area (Å²) < 4.78 is 0. The van der Waals surface area contributed by atoms with Crippen molar-refractivity contribution in [1.82, 2.24) is 9.80 Å². The fourth-order valence-corrected chi connectivity index (χ4v) is 2.08. The van der Waals surface area contributed by atoms with Crippen LogP contribution in [0.25, 0.3) is 0 Å². The van der Waals surface area contributed by atoms with Crippen LogP contribution >= 0.6 is 0 Å². The normalized spacial score (nSPS) is 11.1. The fourth-order valence-electron chi connectivity index (χ4n) is 2.08. The molecule has 1 rings (SSSR count). The number of anilines is 2. The molecular weight excluding hydrogens is 264 g/mol. The van der Waals surface area contributed by atoms with Crippen molar-refractivity contribution in [1.29, 1.82) is 0 Å². The topological polar surface area (TPSA) is 61.6 Å². The van der Waals surface area contributed by atoms with E-state index in [1.807, 2.05) is 18.2 Å². The average molecular weight is 292 g/mol. The van der Waals surface area contributed by atoms with Crippen LogP contribution in [0.15, 0.2) is 24.3 Å². The van der Waals surface area contributed by atoms with Gasteiger partial charge < -0.3 is 20.9 Å².